The summed E-state index contributed by atoms with van der Waals surface area (Å²) < 4.78 is 2.31. The van der Waals surface area contributed by atoms with E-state index in [-0.39, 0.29) is 0 Å². The largest absolute Gasteiger partial charge is 0.316 e. The van der Waals surface area contributed by atoms with Crippen molar-refractivity contribution in [2.24, 2.45) is 0 Å². The molecule has 0 amide bonds. The predicted octanol–water partition coefficient (Wildman–Crippen LogP) is 5.34. The Kier molecular flexibility index (Phi) is 4.18. The minimum Gasteiger partial charge on any atom is -0.316 e. The molecule has 0 aliphatic carbocycles. The Balaban J connectivity index is 2.16. The number of benzene rings is 3. The average molecular weight is 338 g/mol. The third-order valence-electron chi connectivity index (χ3n) is 4.94. The SMILES string of the molecule is Cc1cn(C(c2ccccc2)(c2ccccc2)c2ccccc2)c(C)n1. The molecule has 2 heteroatoms. The molecule has 4 rings (SSSR count). The third kappa shape index (κ3) is 2.55. The van der Waals surface area contributed by atoms with Crippen molar-refractivity contribution in [2.45, 2.75) is 19.4 Å². The highest BCUT2D eigenvalue weighted by molar-refractivity contribution is 5.51. The van der Waals surface area contributed by atoms with Gasteiger partial charge in [-0.3, -0.25) is 0 Å². The van der Waals surface area contributed by atoms with E-state index in [9.17, 15) is 0 Å². The molecule has 0 radical (unpaired) electrons. The third-order valence-corrected chi connectivity index (χ3v) is 4.94. The molecule has 0 saturated heterocycles. The first-order valence-corrected chi connectivity index (χ1v) is 8.92. The second kappa shape index (κ2) is 6.64. The summed E-state index contributed by atoms with van der Waals surface area (Å²) in [5, 5.41) is 0. The van der Waals surface area contributed by atoms with Gasteiger partial charge < -0.3 is 4.57 Å². The lowest BCUT2D eigenvalue weighted by molar-refractivity contribution is 0.501. The molecule has 0 fully saturated rings. The maximum Gasteiger partial charge on any atom is 0.121 e. The monoisotopic (exact) mass is 338 g/mol. The Morgan fingerprint density at radius 1 is 0.615 bits per heavy atom. The summed E-state index contributed by atoms with van der Waals surface area (Å²) in [6.07, 6.45) is 2.16. The minimum absolute atomic E-state index is 0.463. The van der Waals surface area contributed by atoms with Crippen LogP contribution in [0.1, 0.15) is 28.2 Å². The Bertz CT molecular complexity index is 890. The van der Waals surface area contributed by atoms with Crippen LogP contribution in [0.2, 0.25) is 0 Å². The van der Waals surface area contributed by atoms with Gasteiger partial charge in [0.15, 0.2) is 0 Å². The molecular weight excluding hydrogens is 316 g/mol. The highest BCUT2D eigenvalue weighted by Crippen LogP contribution is 2.41. The average Bonchev–Trinajstić information content (AvgIpc) is 3.03. The first-order chi connectivity index (χ1) is 12.7. The van der Waals surface area contributed by atoms with Crippen LogP contribution >= 0.6 is 0 Å². The molecule has 128 valence electrons. The Morgan fingerprint density at radius 3 is 1.31 bits per heavy atom. The van der Waals surface area contributed by atoms with Gasteiger partial charge in [-0.25, -0.2) is 4.98 Å². The van der Waals surface area contributed by atoms with Gasteiger partial charge in [-0.1, -0.05) is 91.0 Å². The van der Waals surface area contributed by atoms with Gasteiger partial charge in [0, 0.05) is 6.20 Å². The molecular formula is C24H22N2. The summed E-state index contributed by atoms with van der Waals surface area (Å²) in [6.45, 7) is 4.13. The van der Waals surface area contributed by atoms with Crippen LogP contribution in [0.5, 0.6) is 0 Å². The van der Waals surface area contributed by atoms with Gasteiger partial charge in [0.2, 0.25) is 0 Å². The number of rotatable bonds is 4. The van der Waals surface area contributed by atoms with Gasteiger partial charge in [-0.05, 0) is 30.5 Å². The van der Waals surface area contributed by atoms with Crippen molar-refractivity contribution in [3.63, 3.8) is 0 Å². The van der Waals surface area contributed by atoms with Crippen LogP contribution in [0, 0.1) is 13.8 Å². The fourth-order valence-corrected chi connectivity index (χ4v) is 3.91. The lowest BCUT2D eigenvalue weighted by atomic mass is 9.76. The van der Waals surface area contributed by atoms with Crippen LogP contribution in [0.3, 0.4) is 0 Å². The second-order valence-corrected chi connectivity index (χ2v) is 6.61. The van der Waals surface area contributed by atoms with Crippen LogP contribution in [-0.2, 0) is 5.54 Å². The van der Waals surface area contributed by atoms with Gasteiger partial charge in [0.25, 0.3) is 0 Å². The van der Waals surface area contributed by atoms with Crippen molar-refractivity contribution in [2.75, 3.05) is 0 Å². The summed E-state index contributed by atoms with van der Waals surface area (Å²) in [7, 11) is 0. The molecule has 0 atom stereocenters. The molecule has 0 aliphatic heterocycles. The zero-order valence-electron chi connectivity index (χ0n) is 15.1. The van der Waals surface area contributed by atoms with E-state index in [0.29, 0.717) is 0 Å². The van der Waals surface area contributed by atoms with E-state index in [2.05, 4.69) is 116 Å². The van der Waals surface area contributed by atoms with Crippen molar-refractivity contribution >= 4 is 0 Å². The smallest absolute Gasteiger partial charge is 0.121 e. The van der Waals surface area contributed by atoms with Gasteiger partial charge in [-0.15, -0.1) is 0 Å². The maximum atomic E-state index is 4.72. The quantitative estimate of drug-likeness (QED) is 0.459. The van der Waals surface area contributed by atoms with Gasteiger partial charge >= 0.3 is 0 Å². The molecule has 0 aliphatic rings. The fraction of sp³-hybridized carbons (Fsp3) is 0.125. The molecule has 1 aromatic heterocycles. The van der Waals surface area contributed by atoms with Crippen LogP contribution in [0.15, 0.2) is 97.2 Å². The Morgan fingerprint density at radius 2 is 1.00 bits per heavy atom. The predicted molar refractivity (Wildman–Crippen MR) is 106 cm³/mol. The van der Waals surface area contributed by atoms with E-state index in [4.69, 9.17) is 4.98 Å². The molecule has 0 unspecified atom stereocenters. The summed E-state index contributed by atoms with van der Waals surface area (Å²) >= 11 is 0. The Hall–Kier alpha value is -3.13. The van der Waals surface area contributed by atoms with E-state index < -0.39 is 5.54 Å². The van der Waals surface area contributed by atoms with Crippen LogP contribution in [-0.4, -0.2) is 9.55 Å². The topological polar surface area (TPSA) is 17.8 Å². The second-order valence-electron chi connectivity index (χ2n) is 6.61. The highest BCUT2D eigenvalue weighted by atomic mass is 15.1. The number of aryl methyl sites for hydroxylation is 2. The van der Waals surface area contributed by atoms with Crippen molar-refractivity contribution < 1.29 is 0 Å². The van der Waals surface area contributed by atoms with Crippen molar-refractivity contribution in [3.05, 3.63) is 125 Å². The van der Waals surface area contributed by atoms with Crippen LogP contribution in [0.25, 0.3) is 0 Å². The zero-order chi connectivity index (χ0) is 18.0. The van der Waals surface area contributed by atoms with Crippen molar-refractivity contribution in [1.29, 1.82) is 0 Å². The summed E-state index contributed by atoms with van der Waals surface area (Å²) in [5.74, 6) is 0.999. The molecule has 2 nitrogen and oxygen atoms in total. The van der Waals surface area contributed by atoms with Crippen LogP contribution < -0.4 is 0 Å². The number of nitrogens with zero attached hydrogens (tertiary/aromatic N) is 2. The summed E-state index contributed by atoms with van der Waals surface area (Å²) in [6, 6.07) is 32.1. The van der Waals surface area contributed by atoms with E-state index >= 15 is 0 Å². The lowest BCUT2D eigenvalue weighted by Gasteiger charge is -2.38. The maximum absolute atomic E-state index is 4.72. The first kappa shape index (κ1) is 16.3. The number of hydrogen-bond acceptors (Lipinski definition) is 1. The Labute approximate surface area is 154 Å². The molecule has 3 aromatic carbocycles. The fourth-order valence-electron chi connectivity index (χ4n) is 3.91. The molecule has 4 aromatic rings. The van der Waals surface area contributed by atoms with Gasteiger partial charge in [0.1, 0.15) is 11.4 Å². The lowest BCUT2D eigenvalue weighted by Crippen LogP contribution is -2.38. The molecule has 0 bridgehead atoms. The van der Waals surface area contributed by atoms with E-state index in [1.54, 1.807) is 0 Å². The van der Waals surface area contributed by atoms with Crippen LogP contribution in [0.4, 0.5) is 0 Å². The van der Waals surface area contributed by atoms with E-state index in [0.717, 1.165) is 11.5 Å². The molecule has 26 heavy (non-hydrogen) atoms. The van der Waals surface area contributed by atoms with Crippen molar-refractivity contribution in [1.82, 2.24) is 9.55 Å². The van der Waals surface area contributed by atoms with Gasteiger partial charge in [-0.2, -0.15) is 0 Å². The summed E-state index contributed by atoms with van der Waals surface area (Å²) in [5.41, 5.74) is 4.22. The molecule has 0 saturated carbocycles. The highest BCUT2D eigenvalue weighted by Gasteiger charge is 2.39. The zero-order valence-corrected chi connectivity index (χ0v) is 15.1. The van der Waals surface area contributed by atoms with Crippen molar-refractivity contribution in [3.8, 4) is 0 Å². The molecule has 1 heterocycles. The molecule has 0 N–H and O–H groups in total. The standard InChI is InChI=1S/C24H22N2/c1-19-18-26(20(2)25-19)24(21-12-6-3-7-13-21,22-14-8-4-9-15-22)23-16-10-5-11-17-23/h3-18H,1-2H3. The number of hydrogen-bond donors (Lipinski definition) is 0. The first-order valence-electron chi connectivity index (χ1n) is 8.92. The minimum atomic E-state index is -0.463. The molecule has 0 spiro atoms. The number of imidazole rings is 1. The normalized spacial score (nSPS) is 11.5. The van der Waals surface area contributed by atoms with E-state index in [1.165, 1.54) is 16.7 Å². The number of aromatic nitrogens is 2. The van der Waals surface area contributed by atoms with Gasteiger partial charge in [0.05, 0.1) is 5.69 Å². The van der Waals surface area contributed by atoms with E-state index in [1.807, 2.05) is 0 Å². The summed E-state index contributed by atoms with van der Waals surface area (Å²) in [4.78, 5) is 4.72.